The maximum Gasteiger partial charge on any atom is 0.224 e. The van der Waals surface area contributed by atoms with Crippen molar-refractivity contribution in [1.82, 2.24) is 4.90 Å². The van der Waals surface area contributed by atoms with E-state index in [1.165, 1.54) is 12.8 Å². The van der Waals surface area contributed by atoms with Gasteiger partial charge in [0.15, 0.2) is 0 Å². The van der Waals surface area contributed by atoms with Crippen LogP contribution in [0, 0.1) is 6.92 Å². The second kappa shape index (κ2) is 10.5. The summed E-state index contributed by atoms with van der Waals surface area (Å²) in [4.78, 5) is 17.0. The van der Waals surface area contributed by atoms with Crippen molar-refractivity contribution in [2.45, 2.75) is 39.2 Å². The molecule has 1 amide bonds. The number of carbonyl (C=O) groups is 1. The number of hydrogen-bond donors (Lipinski definition) is 1. The minimum absolute atomic E-state index is 0. The number of benzene rings is 2. The van der Waals surface area contributed by atoms with Gasteiger partial charge in [-0.15, -0.1) is 12.4 Å². The molecule has 0 bridgehead atoms. The molecular weight excluding hydrogens is 431 g/mol. The SMILES string of the molecule is CC(=O)N(c1ccc(Cl)c(Cl)c1C)C(Cc1ccc(O)cc1)CN1CCCC1.Cl. The molecule has 4 nitrogen and oxygen atoms in total. The number of carbonyl (C=O) groups excluding carboxylic acids is 1. The highest BCUT2D eigenvalue weighted by atomic mass is 35.5. The standard InChI is InChI=1S/C22H26Cl2N2O2.ClH/c1-15-21(10-9-20(23)22(15)24)26(16(2)27)18(14-25-11-3-4-12-25)13-17-5-7-19(28)8-6-17;/h5-10,18,28H,3-4,11-14H2,1-2H3;1H. The fourth-order valence-electron chi connectivity index (χ4n) is 3.93. The number of hydrogen-bond acceptors (Lipinski definition) is 3. The third kappa shape index (κ3) is 5.79. The molecule has 1 aliphatic rings. The predicted octanol–water partition coefficient (Wildman–Crippen LogP) is 5.49. The Morgan fingerprint density at radius 1 is 1.14 bits per heavy atom. The molecule has 2 aromatic rings. The van der Waals surface area contributed by atoms with Gasteiger partial charge in [-0.3, -0.25) is 4.79 Å². The zero-order chi connectivity index (χ0) is 20.3. The largest absolute Gasteiger partial charge is 0.508 e. The van der Waals surface area contributed by atoms with Crippen molar-refractivity contribution in [1.29, 1.82) is 0 Å². The van der Waals surface area contributed by atoms with Gasteiger partial charge in [0.05, 0.1) is 16.1 Å². The van der Waals surface area contributed by atoms with Gasteiger partial charge in [-0.25, -0.2) is 0 Å². The molecule has 3 rings (SSSR count). The topological polar surface area (TPSA) is 43.8 Å². The molecule has 29 heavy (non-hydrogen) atoms. The lowest BCUT2D eigenvalue weighted by atomic mass is 10.0. The highest BCUT2D eigenvalue weighted by Crippen LogP contribution is 2.34. The van der Waals surface area contributed by atoms with Crippen LogP contribution in [0.3, 0.4) is 0 Å². The van der Waals surface area contributed by atoms with Crippen molar-refractivity contribution in [3.8, 4) is 5.75 Å². The number of halogens is 3. The first-order valence-corrected chi connectivity index (χ1v) is 10.4. The van der Waals surface area contributed by atoms with Crippen molar-refractivity contribution in [3.05, 3.63) is 57.6 Å². The van der Waals surface area contributed by atoms with E-state index in [0.29, 0.717) is 16.5 Å². The molecule has 0 spiro atoms. The summed E-state index contributed by atoms with van der Waals surface area (Å²) < 4.78 is 0. The molecule has 158 valence electrons. The van der Waals surface area contributed by atoms with Crippen LogP contribution in [0.2, 0.25) is 10.0 Å². The monoisotopic (exact) mass is 456 g/mol. The average Bonchev–Trinajstić information content (AvgIpc) is 3.16. The van der Waals surface area contributed by atoms with Crippen molar-refractivity contribution in [3.63, 3.8) is 0 Å². The number of likely N-dealkylation sites (tertiary alicyclic amines) is 1. The summed E-state index contributed by atoms with van der Waals surface area (Å²) in [6, 6.07) is 10.8. The molecule has 7 heteroatoms. The molecule has 1 heterocycles. The van der Waals surface area contributed by atoms with Gasteiger partial charge in [0.25, 0.3) is 0 Å². The summed E-state index contributed by atoms with van der Waals surface area (Å²) in [6.07, 6.45) is 3.08. The lowest BCUT2D eigenvalue weighted by Crippen LogP contribution is -2.47. The Kier molecular flexibility index (Phi) is 8.65. The summed E-state index contributed by atoms with van der Waals surface area (Å²) in [6.45, 7) is 6.39. The van der Waals surface area contributed by atoms with Crippen LogP contribution in [0.25, 0.3) is 0 Å². The molecule has 0 saturated carbocycles. The van der Waals surface area contributed by atoms with Crippen LogP contribution in [0.5, 0.6) is 5.75 Å². The Labute approximate surface area is 188 Å². The highest BCUT2D eigenvalue weighted by Gasteiger charge is 2.28. The molecule has 1 saturated heterocycles. The summed E-state index contributed by atoms with van der Waals surface area (Å²) in [7, 11) is 0. The molecule has 2 aromatic carbocycles. The zero-order valence-electron chi connectivity index (χ0n) is 16.7. The van der Waals surface area contributed by atoms with E-state index < -0.39 is 0 Å². The number of nitrogens with zero attached hydrogens (tertiary/aromatic N) is 2. The van der Waals surface area contributed by atoms with Crippen LogP contribution in [0.1, 0.15) is 30.9 Å². The van der Waals surface area contributed by atoms with Gasteiger partial charge in [0.2, 0.25) is 5.91 Å². The number of rotatable bonds is 6. The van der Waals surface area contributed by atoms with Gasteiger partial charge in [-0.1, -0.05) is 35.3 Å². The maximum absolute atomic E-state index is 12.7. The third-order valence-electron chi connectivity index (χ3n) is 5.35. The van der Waals surface area contributed by atoms with Crippen LogP contribution in [-0.2, 0) is 11.2 Å². The summed E-state index contributed by atoms with van der Waals surface area (Å²) in [5, 5.41) is 10.6. The molecule has 1 aliphatic heterocycles. The third-order valence-corrected chi connectivity index (χ3v) is 6.25. The Morgan fingerprint density at radius 3 is 2.34 bits per heavy atom. The van der Waals surface area contributed by atoms with E-state index in [9.17, 15) is 9.90 Å². The van der Waals surface area contributed by atoms with Crippen LogP contribution in [0.4, 0.5) is 5.69 Å². The van der Waals surface area contributed by atoms with E-state index in [-0.39, 0.29) is 30.1 Å². The minimum Gasteiger partial charge on any atom is -0.508 e. The van der Waals surface area contributed by atoms with Gasteiger partial charge in [-0.2, -0.15) is 0 Å². The first-order valence-electron chi connectivity index (χ1n) is 9.61. The Bertz CT molecular complexity index is 837. The Hall–Kier alpha value is -1.46. The number of anilines is 1. The van der Waals surface area contributed by atoms with Crippen LogP contribution in [-0.4, -0.2) is 41.6 Å². The summed E-state index contributed by atoms with van der Waals surface area (Å²) in [5.41, 5.74) is 2.68. The number of phenolic OH excluding ortho intramolecular Hbond substituents is 1. The molecule has 0 aliphatic carbocycles. The normalized spacial score (nSPS) is 15.0. The average molecular weight is 458 g/mol. The molecule has 0 aromatic heterocycles. The smallest absolute Gasteiger partial charge is 0.224 e. The molecule has 1 N–H and O–H groups in total. The second-order valence-corrected chi connectivity index (χ2v) is 8.21. The number of aromatic hydroxyl groups is 1. The minimum atomic E-state index is -0.0453. The maximum atomic E-state index is 12.7. The quantitative estimate of drug-likeness (QED) is 0.624. The number of phenols is 1. The number of amides is 1. The zero-order valence-corrected chi connectivity index (χ0v) is 19.0. The summed E-state index contributed by atoms with van der Waals surface area (Å²) >= 11 is 12.5. The van der Waals surface area contributed by atoms with E-state index >= 15 is 0 Å². The Morgan fingerprint density at radius 2 is 1.76 bits per heavy atom. The Balaban J connectivity index is 0.00000300. The molecular formula is C22H27Cl3N2O2. The van der Waals surface area contributed by atoms with Crippen LogP contribution >= 0.6 is 35.6 Å². The first-order chi connectivity index (χ1) is 13.4. The molecule has 1 unspecified atom stereocenters. The highest BCUT2D eigenvalue weighted by molar-refractivity contribution is 6.42. The van der Waals surface area contributed by atoms with Crippen LogP contribution < -0.4 is 4.90 Å². The fraction of sp³-hybridized carbons (Fsp3) is 0.409. The summed E-state index contributed by atoms with van der Waals surface area (Å²) in [5.74, 6) is 0.216. The van der Waals surface area contributed by atoms with E-state index in [1.54, 1.807) is 25.1 Å². The molecule has 0 radical (unpaired) electrons. The van der Waals surface area contributed by atoms with Gasteiger partial charge in [0, 0.05) is 19.2 Å². The van der Waals surface area contributed by atoms with Crippen molar-refractivity contribution in [2.24, 2.45) is 0 Å². The molecule has 1 fully saturated rings. The van der Waals surface area contributed by atoms with Crippen molar-refractivity contribution < 1.29 is 9.90 Å². The lowest BCUT2D eigenvalue weighted by molar-refractivity contribution is -0.117. The van der Waals surface area contributed by atoms with Crippen molar-refractivity contribution >= 4 is 47.2 Å². The van der Waals surface area contributed by atoms with Crippen molar-refractivity contribution in [2.75, 3.05) is 24.5 Å². The van der Waals surface area contributed by atoms with E-state index in [1.807, 2.05) is 30.0 Å². The van der Waals surface area contributed by atoms with E-state index in [0.717, 1.165) is 36.4 Å². The first kappa shape index (κ1) is 23.8. The van der Waals surface area contributed by atoms with Gasteiger partial charge in [0.1, 0.15) is 5.75 Å². The van der Waals surface area contributed by atoms with Gasteiger partial charge in [-0.05, 0) is 74.7 Å². The lowest BCUT2D eigenvalue weighted by Gasteiger charge is -2.35. The van der Waals surface area contributed by atoms with Gasteiger partial charge < -0.3 is 14.9 Å². The van der Waals surface area contributed by atoms with Crippen LogP contribution in [0.15, 0.2) is 36.4 Å². The fourth-order valence-corrected chi connectivity index (χ4v) is 4.30. The van der Waals surface area contributed by atoms with E-state index in [2.05, 4.69) is 4.90 Å². The van der Waals surface area contributed by atoms with Gasteiger partial charge >= 0.3 is 0 Å². The second-order valence-electron chi connectivity index (χ2n) is 7.43. The molecule has 1 atom stereocenters. The van der Waals surface area contributed by atoms with E-state index in [4.69, 9.17) is 23.2 Å². The predicted molar refractivity (Wildman–Crippen MR) is 123 cm³/mol.